The van der Waals surface area contributed by atoms with Crippen LogP contribution < -0.4 is 10.1 Å². The van der Waals surface area contributed by atoms with Gasteiger partial charge in [0.15, 0.2) is 6.61 Å². The second kappa shape index (κ2) is 10.0. The van der Waals surface area contributed by atoms with Crippen LogP contribution in [0.1, 0.15) is 36.3 Å². The highest BCUT2D eigenvalue weighted by Crippen LogP contribution is 2.21. The average molecular weight is 400 g/mol. The van der Waals surface area contributed by atoms with Gasteiger partial charge in [0.1, 0.15) is 5.75 Å². The largest absolute Gasteiger partial charge is 0.484 e. The van der Waals surface area contributed by atoms with Crippen LogP contribution in [0.15, 0.2) is 40.2 Å². The lowest BCUT2D eigenvalue weighted by Crippen LogP contribution is -2.29. The van der Waals surface area contributed by atoms with E-state index in [2.05, 4.69) is 21.5 Å². The molecule has 0 aliphatic carbocycles. The van der Waals surface area contributed by atoms with Crippen molar-refractivity contribution in [1.82, 2.24) is 15.5 Å². The van der Waals surface area contributed by atoms with Gasteiger partial charge in [0.25, 0.3) is 5.91 Å². The summed E-state index contributed by atoms with van der Waals surface area (Å²) in [6.45, 7) is 4.70. The van der Waals surface area contributed by atoms with Crippen LogP contribution in [0, 0.1) is 13.8 Å². The highest BCUT2D eigenvalue weighted by atomic mass is 32.1. The molecule has 0 saturated heterocycles. The molecule has 0 atom stereocenters. The molecule has 0 saturated carbocycles. The molecule has 0 spiro atoms. The number of aromatic nitrogens is 2. The van der Waals surface area contributed by atoms with Crippen LogP contribution in [0.25, 0.3) is 10.7 Å². The highest BCUT2D eigenvalue weighted by molar-refractivity contribution is 7.13. The van der Waals surface area contributed by atoms with Crippen LogP contribution >= 0.6 is 11.3 Å². The molecular weight excluding hydrogens is 374 g/mol. The standard InChI is InChI=1S/C21H25N3O3S/c1-15-11-16(2)13-17(12-15)26-14-19(25)22-9-5-3-4-8-20-23-21(24-27-20)18-7-6-10-28-18/h6-7,10-13H,3-5,8-9,14H2,1-2H3,(H,22,25). The Balaban J connectivity index is 1.27. The Morgan fingerprint density at radius 3 is 2.75 bits per heavy atom. The number of aryl methyl sites for hydroxylation is 3. The van der Waals surface area contributed by atoms with Gasteiger partial charge in [-0.3, -0.25) is 4.79 Å². The number of nitrogens with zero attached hydrogens (tertiary/aromatic N) is 2. The van der Waals surface area contributed by atoms with Crippen molar-refractivity contribution < 1.29 is 14.1 Å². The topological polar surface area (TPSA) is 77.2 Å². The van der Waals surface area contributed by atoms with Gasteiger partial charge in [-0.05, 0) is 61.4 Å². The van der Waals surface area contributed by atoms with Crippen molar-refractivity contribution in [2.75, 3.05) is 13.2 Å². The van der Waals surface area contributed by atoms with E-state index in [0.717, 1.165) is 47.4 Å². The van der Waals surface area contributed by atoms with Crippen molar-refractivity contribution in [3.8, 4) is 16.5 Å². The van der Waals surface area contributed by atoms with Crippen LogP contribution in [-0.4, -0.2) is 29.2 Å². The average Bonchev–Trinajstić information content (AvgIpc) is 3.33. The minimum absolute atomic E-state index is 0.0381. The summed E-state index contributed by atoms with van der Waals surface area (Å²) in [4.78, 5) is 17.3. The fraction of sp³-hybridized carbons (Fsp3) is 0.381. The summed E-state index contributed by atoms with van der Waals surface area (Å²) >= 11 is 1.60. The first-order chi connectivity index (χ1) is 13.6. The summed E-state index contributed by atoms with van der Waals surface area (Å²) in [5.41, 5.74) is 2.25. The SMILES string of the molecule is Cc1cc(C)cc(OCC(=O)NCCCCCc2nc(-c3cccs3)no2)c1. The zero-order valence-electron chi connectivity index (χ0n) is 16.2. The van der Waals surface area contributed by atoms with Crippen molar-refractivity contribution in [1.29, 1.82) is 0 Å². The molecule has 2 heterocycles. The van der Waals surface area contributed by atoms with Gasteiger partial charge in [0.2, 0.25) is 11.7 Å². The van der Waals surface area contributed by atoms with Crippen molar-refractivity contribution in [3.63, 3.8) is 0 Å². The van der Waals surface area contributed by atoms with E-state index in [1.807, 2.05) is 43.5 Å². The number of carbonyl (C=O) groups is 1. The lowest BCUT2D eigenvalue weighted by molar-refractivity contribution is -0.123. The number of hydrogen-bond acceptors (Lipinski definition) is 6. The maximum atomic E-state index is 11.9. The number of thiophene rings is 1. The third-order valence-electron chi connectivity index (χ3n) is 4.16. The molecule has 3 aromatic rings. The number of amides is 1. The zero-order valence-corrected chi connectivity index (χ0v) is 17.1. The Hall–Kier alpha value is -2.67. The minimum Gasteiger partial charge on any atom is -0.484 e. The summed E-state index contributed by atoms with van der Waals surface area (Å²) in [5.74, 6) is 1.95. The fourth-order valence-corrected chi connectivity index (χ4v) is 3.53. The second-order valence-electron chi connectivity index (χ2n) is 6.76. The number of ether oxygens (including phenoxy) is 1. The van der Waals surface area contributed by atoms with Crippen LogP contribution in [0.4, 0.5) is 0 Å². The van der Waals surface area contributed by atoms with Crippen LogP contribution in [0.2, 0.25) is 0 Å². The predicted molar refractivity (Wildman–Crippen MR) is 110 cm³/mol. The number of benzene rings is 1. The molecule has 0 radical (unpaired) electrons. The molecule has 0 bridgehead atoms. The first kappa shape index (κ1) is 20.1. The minimum atomic E-state index is -0.100. The summed E-state index contributed by atoms with van der Waals surface area (Å²) < 4.78 is 10.8. The monoisotopic (exact) mass is 399 g/mol. The van der Waals surface area contributed by atoms with Gasteiger partial charge in [0.05, 0.1) is 4.88 Å². The third-order valence-corrected chi connectivity index (χ3v) is 5.03. The molecule has 0 fully saturated rings. The first-order valence-corrected chi connectivity index (χ1v) is 10.3. The lowest BCUT2D eigenvalue weighted by Gasteiger charge is -2.09. The molecule has 0 aliphatic rings. The summed E-state index contributed by atoms with van der Waals surface area (Å²) in [5, 5.41) is 8.89. The number of hydrogen-bond donors (Lipinski definition) is 1. The summed E-state index contributed by atoms with van der Waals surface area (Å²) in [6.07, 6.45) is 3.58. The van der Waals surface area contributed by atoms with Gasteiger partial charge < -0.3 is 14.6 Å². The van der Waals surface area contributed by atoms with Gasteiger partial charge >= 0.3 is 0 Å². The molecule has 0 aliphatic heterocycles. The summed E-state index contributed by atoms with van der Waals surface area (Å²) in [6, 6.07) is 9.89. The molecule has 28 heavy (non-hydrogen) atoms. The number of rotatable bonds is 10. The van der Waals surface area contributed by atoms with Crippen molar-refractivity contribution in [3.05, 3.63) is 52.7 Å². The fourth-order valence-electron chi connectivity index (χ4n) is 2.88. The predicted octanol–water partition coefficient (Wildman–Crippen LogP) is 4.32. The molecule has 2 aromatic heterocycles. The Morgan fingerprint density at radius 1 is 1.18 bits per heavy atom. The summed E-state index contributed by atoms with van der Waals surface area (Å²) in [7, 11) is 0. The van der Waals surface area contributed by atoms with Gasteiger partial charge in [-0.15, -0.1) is 11.3 Å². The van der Waals surface area contributed by atoms with Gasteiger partial charge in [0, 0.05) is 13.0 Å². The normalized spacial score (nSPS) is 10.8. The number of unbranched alkanes of at least 4 members (excludes halogenated alkanes) is 2. The Labute approximate surface area is 168 Å². The number of carbonyl (C=O) groups excluding carboxylic acids is 1. The van der Waals surface area contributed by atoms with Gasteiger partial charge in [-0.1, -0.05) is 23.7 Å². The van der Waals surface area contributed by atoms with Gasteiger partial charge in [-0.25, -0.2) is 0 Å². The van der Waals surface area contributed by atoms with Crippen LogP contribution in [0.3, 0.4) is 0 Å². The van der Waals surface area contributed by atoms with Crippen LogP contribution in [0.5, 0.6) is 5.75 Å². The maximum absolute atomic E-state index is 11.9. The Kier molecular flexibility index (Phi) is 7.19. The molecule has 1 N–H and O–H groups in total. The Bertz CT molecular complexity index is 870. The molecule has 3 rings (SSSR count). The molecule has 0 unspecified atom stereocenters. The smallest absolute Gasteiger partial charge is 0.257 e. The molecular formula is C21H25N3O3S. The zero-order chi connectivity index (χ0) is 19.8. The Morgan fingerprint density at radius 2 is 2.00 bits per heavy atom. The van der Waals surface area contributed by atoms with E-state index in [-0.39, 0.29) is 12.5 Å². The lowest BCUT2D eigenvalue weighted by atomic mass is 10.1. The van der Waals surface area contributed by atoms with Crippen molar-refractivity contribution >= 4 is 17.2 Å². The van der Waals surface area contributed by atoms with E-state index in [1.54, 1.807) is 11.3 Å². The third kappa shape index (κ3) is 6.20. The molecule has 1 amide bonds. The van der Waals surface area contributed by atoms with Gasteiger partial charge in [-0.2, -0.15) is 4.98 Å². The number of nitrogens with one attached hydrogen (secondary N) is 1. The van der Waals surface area contributed by atoms with E-state index >= 15 is 0 Å². The van der Waals surface area contributed by atoms with E-state index in [9.17, 15) is 4.79 Å². The quantitative estimate of drug-likeness (QED) is 0.514. The molecule has 1 aromatic carbocycles. The first-order valence-electron chi connectivity index (χ1n) is 9.44. The van der Waals surface area contributed by atoms with Crippen LogP contribution in [-0.2, 0) is 11.2 Å². The molecule has 148 valence electrons. The van der Waals surface area contributed by atoms with Crippen molar-refractivity contribution in [2.24, 2.45) is 0 Å². The van der Waals surface area contributed by atoms with E-state index in [0.29, 0.717) is 18.3 Å². The molecule has 6 nitrogen and oxygen atoms in total. The van der Waals surface area contributed by atoms with E-state index in [1.165, 1.54) is 0 Å². The maximum Gasteiger partial charge on any atom is 0.257 e. The molecule has 7 heteroatoms. The van der Waals surface area contributed by atoms with E-state index in [4.69, 9.17) is 9.26 Å². The highest BCUT2D eigenvalue weighted by Gasteiger charge is 2.09. The second-order valence-corrected chi connectivity index (χ2v) is 7.71. The van der Waals surface area contributed by atoms with Crippen molar-refractivity contribution in [2.45, 2.75) is 39.5 Å². The van der Waals surface area contributed by atoms with E-state index < -0.39 is 0 Å².